The molecule has 0 aliphatic carbocycles. The van der Waals surface area contributed by atoms with Crippen LogP contribution in [0.3, 0.4) is 0 Å². The van der Waals surface area contributed by atoms with E-state index in [1.54, 1.807) is 18.2 Å². The van der Waals surface area contributed by atoms with Gasteiger partial charge in [0.05, 0.1) is 29.0 Å². The van der Waals surface area contributed by atoms with E-state index < -0.39 is 0 Å². The topological polar surface area (TPSA) is 57.4 Å². The van der Waals surface area contributed by atoms with Gasteiger partial charge in [0.25, 0.3) is 0 Å². The maximum absolute atomic E-state index is 6.27. The van der Waals surface area contributed by atoms with E-state index in [1.807, 2.05) is 66.7 Å². The van der Waals surface area contributed by atoms with E-state index >= 15 is 0 Å². The van der Waals surface area contributed by atoms with E-state index in [4.69, 9.17) is 42.1 Å². The number of aromatic nitrogens is 2. The quantitative estimate of drug-likeness (QED) is 0.176. The van der Waals surface area contributed by atoms with Crippen LogP contribution >= 0.6 is 23.2 Å². The molecule has 2 heterocycles. The average Bonchev–Trinajstić information content (AvgIpc) is 3.40. The first-order valence-electron chi connectivity index (χ1n) is 12.3. The predicted molar refractivity (Wildman–Crippen MR) is 152 cm³/mol. The van der Waals surface area contributed by atoms with E-state index in [9.17, 15) is 0 Å². The maximum Gasteiger partial charge on any atom is 0.221 e. The van der Waals surface area contributed by atoms with Crippen molar-refractivity contribution in [1.82, 2.24) is 9.97 Å². The normalized spacial score (nSPS) is 11.4. The van der Waals surface area contributed by atoms with Gasteiger partial charge in [-0.25, -0.2) is 9.97 Å². The number of rotatable bonds is 10. The van der Waals surface area contributed by atoms with Crippen LogP contribution in [-0.2, 0) is 31.0 Å². The van der Waals surface area contributed by atoms with Gasteiger partial charge < -0.3 is 13.9 Å². The molecule has 0 aliphatic rings. The molecular weight excluding hydrogens is 519 g/mol. The molecule has 0 fully saturated rings. The largest absolute Gasteiger partial charge is 0.472 e. The second kappa shape index (κ2) is 12.3. The molecule has 0 amide bonds. The molecule has 0 bridgehead atoms. The molecule has 0 unspecified atom stereocenters. The van der Waals surface area contributed by atoms with Crippen molar-refractivity contribution in [1.29, 1.82) is 0 Å². The Morgan fingerprint density at radius 3 is 2.16 bits per heavy atom. The number of nitrogens with zero attached hydrogens (tertiary/aromatic N) is 2. The molecule has 2 aromatic heterocycles. The van der Waals surface area contributed by atoms with Crippen molar-refractivity contribution in [2.45, 2.75) is 33.2 Å². The van der Waals surface area contributed by atoms with Gasteiger partial charge >= 0.3 is 0 Å². The number of aryl methyl sites for hydroxylation is 1. The summed E-state index contributed by atoms with van der Waals surface area (Å²) in [7, 11) is 0. The maximum atomic E-state index is 6.27. The molecule has 0 saturated carbocycles. The van der Waals surface area contributed by atoms with Crippen LogP contribution in [0, 0.1) is 0 Å². The summed E-state index contributed by atoms with van der Waals surface area (Å²) in [5.41, 5.74) is 5.88. The smallest absolute Gasteiger partial charge is 0.221 e. The Kier molecular flexibility index (Phi) is 8.39. The Bertz CT molecular complexity index is 1510. The lowest BCUT2D eigenvalue weighted by Gasteiger charge is -2.14. The summed E-state index contributed by atoms with van der Waals surface area (Å²) in [5.74, 6) is 0.894. The molecule has 5 rings (SSSR count). The van der Waals surface area contributed by atoms with Crippen LogP contribution in [-0.4, -0.2) is 9.97 Å². The minimum atomic E-state index is 0.381. The first-order valence-corrected chi connectivity index (χ1v) is 13.1. The Hall–Kier alpha value is -3.64. The van der Waals surface area contributed by atoms with Crippen molar-refractivity contribution in [2.24, 2.45) is 0 Å². The Labute approximate surface area is 231 Å². The number of hydrogen-bond acceptors (Lipinski definition) is 5. The lowest BCUT2D eigenvalue weighted by molar-refractivity contribution is 0.103. The first kappa shape index (κ1) is 26.0. The molecule has 7 heteroatoms. The highest BCUT2D eigenvalue weighted by Crippen LogP contribution is 2.31. The zero-order valence-electron chi connectivity index (χ0n) is 20.9. The fourth-order valence-electron chi connectivity index (χ4n) is 4.02. The zero-order valence-corrected chi connectivity index (χ0v) is 22.4. The average molecular weight is 545 g/mol. The van der Waals surface area contributed by atoms with Gasteiger partial charge in [0.1, 0.15) is 12.1 Å². The van der Waals surface area contributed by atoms with E-state index in [-0.39, 0.29) is 0 Å². The van der Waals surface area contributed by atoms with Crippen LogP contribution in [0.5, 0.6) is 5.88 Å². The number of hydrogen-bond donors (Lipinski definition) is 0. The third-order valence-electron chi connectivity index (χ3n) is 6.00. The van der Waals surface area contributed by atoms with E-state index in [2.05, 4.69) is 18.0 Å². The molecule has 0 saturated heterocycles. The SMILES string of the molecule is CCc1cc(C=Cc2nc3c(Cl)ccc(Cl)c3o2)c(OCc2ccccc2)nc1COCc1ccccc1. The van der Waals surface area contributed by atoms with Crippen LogP contribution in [0.25, 0.3) is 23.3 Å². The molecule has 192 valence electrons. The van der Waals surface area contributed by atoms with Gasteiger partial charge in [-0.1, -0.05) is 90.8 Å². The minimum absolute atomic E-state index is 0.381. The third kappa shape index (κ3) is 6.25. The van der Waals surface area contributed by atoms with Gasteiger partial charge in [-0.05, 0) is 47.4 Å². The van der Waals surface area contributed by atoms with Crippen LogP contribution in [0.2, 0.25) is 10.0 Å². The lowest BCUT2D eigenvalue weighted by atomic mass is 10.1. The van der Waals surface area contributed by atoms with Gasteiger partial charge in [-0.3, -0.25) is 0 Å². The molecular formula is C31H26Cl2N2O3. The first-order chi connectivity index (χ1) is 18.6. The summed E-state index contributed by atoms with van der Waals surface area (Å²) in [4.78, 5) is 9.37. The molecule has 0 N–H and O–H groups in total. The Morgan fingerprint density at radius 2 is 1.47 bits per heavy atom. The highest BCUT2D eigenvalue weighted by Gasteiger charge is 2.14. The second-order valence-electron chi connectivity index (χ2n) is 8.69. The zero-order chi connectivity index (χ0) is 26.3. The lowest BCUT2D eigenvalue weighted by Crippen LogP contribution is -2.06. The standard InChI is InChI=1S/C31H26Cl2N2O3/c1-2-23-17-24(13-16-28-35-29-25(32)14-15-26(33)30(29)38-28)31(37-19-22-11-7-4-8-12-22)34-27(23)20-36-18-21-9-5-3-6-10-21/h3-17H,2,18-20H2,1H3. The monoisotopic (exact) mass is 544 g/mol. The summed E-state index contributed by atoms with van der Waals surface area (Å²) in [6.07, 6.45) is 4.45. The highest BCUT2D eigenvalue weighted by molar-refractivity contribution is 6.39. The molecule has 3 aromatic carbocycles. The summed E-state index contributed by atoms with van der Waals surface area (Å²) in [6, 6.07) is 25.5. The van der Waals surface area contributed by atoms with Gasteiger partial charge in [-0.15, -0.1) is 0 Å². The van der Waals surface area contributed by atoms with Crippen molar-refractivity contribution < 1.29 is 13.9 Å². The second-order valence-corrected chi connectivity index (χ2v) is 9.50. The van der Waals surface area contributed by atoms with Gasteiger partial charge in [0, 0.05) is 11.6 Å². The Balaban J connectivity index is 1.43. The van der Waals surface area contributed by atoms with Gasteiger partial charge in [-0.2, -0.15) is 0 Å². The Morgan fingerprint density at radius 1 is 0.789 bits per heavy atom. The molecule has 0 aliphatic heterocycles. The fraction of sp³-hybridized carbons (Fsp3) is 0.161. The number of benzene rings is 3. The third-order valence-corrected chi connectivity index (χ3v) is 6.60. The van der Waals surface area contributed by atoms with E-state index in [1.165, 1.54) is 0 Å². The van der Waals surface area contributed by atoms with Crippen molar-refractivity contribution in [3.63, 3.8) is 0 Å². The van der Waals surface area contributed by atoms with Crippen molar-refractivity contribution in [3.8, 4) is 5.88 Å². The summed E-state index contributed by atoms with van der Waals surface area (Å²) in [6.45, 7) is 3.38. The van der Waals surface area contributed by atoms with Gasteiger partial charge in [0.15, 0.2) is 5.58 Å². The summed E-state index contributed by atoms with van der Waals surface area (Å²) in [5, 5.41) is 0.938. The van der Waals surface area contributed by atoms with Crippen LogP contribution in [0.15, 0.2) is 83.3 Å². The fourth-order valence-corrected chi connectivity index (χ4v) is 4.40. The number of oxazole rings is 1. The van der Waals surface area contributed by atoms with Crippen molar-refractivity contribution in [2.75, 3.05) is 0 Å². The van der Waals surface area contributed by atoms with E-state index in [0.717, 1.165) is 34.4 Å². The number of fused-ring (bicyclic) bond motifs is 1. The van der Waals surface area contributed by atoms with Crippen LogP contribution in [0.4, 0.5) is 0 Å². The van der Waals surface area contributed by atoms with Gasteiger partial charge in [0.2, 0.25) is 11.8 Å². The predicted octanol–water partition coefficient (Wildman–Crippen LogP) is 8.56. The van der Waals surface area contributed by atoms with Crippen LogP contribution < -0.4 is 4.74 Å². The minimum Gasteiger partial charge on any atom is -0.472 e. The summed E-state index contributed by atoms with van der Waals surface area (Å²) >= 11 is 12.5. The molecule has 5 nitrogen and oxygen atoms in total. The number of ether oxygens (including phenoxy) is 2. The molecule has 5 aromatic rings. The highest BCUT2D eigenvalue weighted by atomic mass is 35.5. The summed E-state index contributed by atoms with van der Waals surface area (Å²) < 4.78 is 18.1. The number of pyridine rings is 1. The van der Waals surface area contributed by atoms with Crippen molar-refractivity contribution in [3.05, 3.63) is 123 Å². The van der Waals surface area contributed by atoms with Crippen LogP contribution in [0.1, 0.15) is 40.8 Å². The molecule has 0 radical (unpaired) electrons. The van der Waals surface area contributed by atoms with Crippen molar-refractivity contribution >= 4 is 46.5 Å². The molecule has 38 heavy (non-hydrogen) atoms. The number of halogens is 2. The van der Waals surface area contributed by atoms with E-state index in [0.29, 0.717) is 52.7 Å². The molecule has 0 spiro atoms. The molecule has 0 atom stereocenters.